The van der Waals surface area contributed by atoms with Gasteiger partial charge < -0.3 is 10.8 Å². The lowest BCUT2D eigenvalue weighted by atomic mass is 10.3. The van der Waals surface area contributed by atoms with Crippen molar-refractivity contribution in [3.63, 3.8) is 0 Å². The first-order chi connectivity index (χ1) is 8.45. The molecular formula is C11H22I2N2O4. The van der Waals surface area contributed by atoms with Crippen LogP contribution < -0.4 is 5.73 Å². The number of non-ortho nitro benzene ring substituents is 1. The Morgan fingerprint density at radius 3 is 1.84 bits per heavy atom. The number of halogens is 2. The van der Waals surface area contributed by atoms with E-state index in [4.69, 9.17) is 15.6 Å². The zero-order chi connectivity index (χ0) is 15.0. The maximum atomic E-state index is 10.0. The van der Waals surface area contributed by atoms with E-state index in [2.05, 4.69) is 37.2 Å². The fraction of sp³-hybridized carbons (Fsp3) is 0.364. The molecule has 0 atom stereocenters. The van der Waals surface area contributed by atoms with Gasteiger partial charge in [0.2, 0.25) is 0 Å². The first-order valence-electron chi connectivity index (χ1n) is 4.69. The third-order valence-electron chi connectivity index (χ3n) is 0.967. The SMILES string of the molecule is C.CC(=O)O.CCN.II.O=[N+]([O-])c1ccccc1.[HH]. The molecule has 0 saturated carbocycles. The van der Waals surface area contributed by atoms with Crippen LogP contribution in [0.2, 0.25) is 0 Å². The summed E-state index contributed by atoms with van der Waals surface area (Å²) in [6.07, 6.45) is 0. The maximum Gasteiger partial charge on any atom is 0.300 e. The molecule has 0 aliphatic rings. The number of hydrogen-bond acceptors (Lipinski definition) is 4. The van der Waals surface area contributed by atoms with E-state index in [-0.39, 0.29) is 14.5 Å². The Morgan fingerprint density at radius 2 is 1.68 bits per heavy atom. The molecule has 0 unspecified atom stereocenters. The zero-order valence-corrected chi connectivity index (χ0v) is 14.4. The topological polar surface area (TPSA) is 106 Å². The third-order valence-corrected chi connectivity index (χ3v) is 0.967. The average molecular weight is 500 g/mol. The molecule has 0 aliphatic heterocycles. The molecule has 0 fully saturated rings. The van der Waals surface area contributed by atoms with Gasteiger partial charge in [-0.25, -0.2) is 0 Å². The molecule has 8 heteroatoms. The van der Waals surface area contributed by atoms with Crippen LogP contribution in [0.1, 0.15) is 22.7 Å². The molecule has 1 aromatic carbocycles. The number of benzene rings is 1. The Kier molecular flexibility index (Phi) is 32.2. The number of para-hydroxylation sites is 1. The number of nitrogens with two attached hydrogens (primary N) is 1. The molecule has 3 N–H and O–H groups in total. The normalized spacial score (nSPS) is 6.79. The van der Waals surface area contributed by atoms with Crippen LogP contribution >= 0.6 is 37.2 Å². The fourth-order valence-corrected chi connectivity index (χ4v) is 0.550. The van der Waals surface area contributed by atoms with Crippen molar-refractivity contribution in [2.24, 2.45) is 5.73 Å². The number of nitro benzene ring substituents is 1. The Bertz CT molecular complexity index is 313. The minimum absolute atomic E-state index is 0. The van der Waals surface area contributed by atoms with Gasteiger partial charge in [-0.2, -0.15) is 0 Å². The standard InChI is InChI=1S/C6H5NO2.C2H7N.C2H4O2.CH4.I2.H2/c8-7(9)6-4-2-1-3-5-6;1-2-3;1-2(3)4;;1-2;/h1-5H;2-3H2,1H3;1H3,(H,3,4);1H4;;1H. The summed E-state index contributed by atoms with van der Waals surface area (Å²) in [6.45, 7) is 3.74. The Hall–Kier alpha value is -0.490. The zero-order valence-electron chi connectivity index (χ0n) is 10.0. The van der Waals surface area contributed by atoms with Crippen LogP contribution in [-0.4, -0.2) is 22.5 Å². The lowest BCUT2D eigenvalue weighted by Crippen LogP contribution is -1.87. The highest BCUT2D eigenvalue weighted by atomic mass is 128. The Morgan fingerprint density at radius 1 is 1.42 bits per heavy atom. The van der Waals surface area contributed by atoms with Crippen molar-refractivity contribution in [2.75, 3.05) is 6.54 Å². The minimum atomic E-state index is -0.833. The van der Waals surface area contributed by atoms with Crippen LogP contribution in [-0.2, 0) is 4.79 Å². The Balaban J connectivity index is -0.0000000589. The minimum Gasteiger partial charge on any atom is -0.481 e. The molecule has 0 spiro atoms. The molecule has 0 heterocycles. The lowest BCUT2D eigenvalue weighted by molar-refractivity contribution is -0.384. The van der Waals surface area contributed by atoms with Crippen molar-refractivity contribution in [3.05, 3.63) is 40.4 Å². The smallest absolute Gasteiger partial charge is 0.300 e. The van der Waals surface area contributed by atoms with E-state index in [1.165, 1.54) is 12.1 Å². The van der Waals surface area contributed by atoms with Gasteiger partial charge in [-0.3, -0.25) is 14.9 Å². The number of carboxylic acid groups (broad SMARTS) is 1. The van der Waals surface area contributed by atoms with E-state index in [9.17, 15) is 10.1 Å². The monoisotopic (exact) mass is 500 g/mol. The van der Waals surface area contributed by atoms with Crippen molar-refractivity contribution in [1.29, 1.82) is 0 Å². The molecule has 0 bridgehead atoms. The van der Waals surface area contributed by atoms with Gasteiger partial charge in [0.05, 0.1) is 4.92 Å². The molecule has 6 nitrogen and oxygen atoms in total. The predicted molar refractivity (Wildman–Crippen MR) is 98.0 cm³/mol. The summed E-state index contributed by atoms with van der Waals surface area (Å²) >= 11 is 4.24. The number of aliphatic carboxylic acids is 1. The third kappa shape index (κ3) is 31.8. The molecule has 19 heavy (non-hydrogen) atoms. The summed E-state index contributed by atoms with van der Waals surface area (Å²) in [5.41, 5.74) is 4.98. The predicted octanol–water partition coefficient (Wildman–Crippen LogP) is 4.30. The highest BCUT2D eigenvalue weighted by molar-refractivity contribution is 15.0. The van der Waals surface area contributed by atoms with E-state index in [1.54, 1.807) is 18.2 Å². The second-order valence-electron chi connectivity index (χ2n) is 2.52. The second-order valence-corrected chi connectivity index (χ2v) is 2.52. The number of carbonyl (C=O) groups is 1. The quantitative estimate of drug-likeness (QED) is 0.340. The molecule has 1 rings (SSSR count). The van der Waals surface area contributed by atoms with Crippen LogP contribution in [0.15, 0.2) is 30.3 Å². The number of carboxylic acids is 1. The van der Waals surface area contributed by atoms with E-state index in [0.29, 0.717) is 0 Å². The van der Waals surface area contributed by atoms with Crippen molar-refractivity contribution in [3.8, 4) is 0 Å². The molecule has 114 valence electrons. The largest absolute Gasteiger partial charge is 0.481 e. The maximum absolute atomic E-state index is 10.0. The van der Waals surface area contributed by atoms with E-state index < -0.39 is 10.9 Å². The van der Waals surface area contributed by atoms with Gasteiger partial charge in [0.25, 0.3) is 11.7 Å². The van der Waals surface area contributed by atoms with Gasteiger partial charge in [-0.15, -0.1) is 0 Å². The molecule has 0 radical (unpaired) electrons. The van der Waals surface area contributed by atoms with Gasteiger partial charge in [-0.1, -0.05) is 32.5 Å². The molecule has 0 amide bonds. The first kappa shape index (κ1) is 27.0. The molecular weight excluding hydrogens is 478 g/mol. The number of nitrogens with zero attached hydrogens (tertiary/aromatic N) is 1. The highest BCUT2D eigenvalue weighted by Crippen LogP contribution is 2.06. The van der Waals surface area contributed by atoms with Crippen LogP contribution in [0.5, 0.6) is 0 Å². The highest BCUT2D eigenvalue weighted by Gasteiger charge is 1.98. The van der Waals surface area contributed by atoms with Gasteiger partial charge in [0.15, 0.2) is 0 Å². The second kappa shape index (κ2) is 22.7. The van der Waals surface area contributed by atoms with Crippen LogP contribution in [0.4, 0.5) is 5.69 Å². The average Bonchev–Trinajstić information content (AvgIpc) is 2.33. The summed E-state index contributed by atoms with van der Waals surface area (Å²) in [6, 6.07) is 7.93. The van der Waals surface area contributed by atoms with Crippen molar-refractivity contribution < 1.29 is 16.3 Å². The van der Waals surface area contributed by atoms with E-state index in [0.717, 1.165) is 13.5 Å². The Labute approximate surface area is 138 Å². The lowest BCUT2D eigenvalue weighted by Gasteiger charge is -1.85. The van der Waals surface area contributed by atoms with Crippen LogP contribution in [0.25, 0.3) is 0 Å². The summed E-state index contributed by atoms with van der Waals surface area (Å²) in [7, 11) is 0. The van der Waals surface area contributed by atoms with E-state index in [1.807, 2.05) is 6.92 Å². The van der Waals surface area contributed by atoms with Gasteiger partial charge >= 0.3 is 0 Å². The number of hydrogen-bond donors (Lipinski definition) is 2. The molecule has 1 aromatic rings. The van der Waals surface area contributed by atoms with Gasteiger partial charge in [-0.05, 0) is 6.54 Å². The summed E-state index contributed by atoms with van der Waals surface area (Å²) in [4.78, 5) is 18.6. The molecule has 0 aliphatic carbocycles. The number of rotatable bonds is 1. The van der Waals surface area contributed by atoms with Gasteiger partial charge in [0, 0.05) is 57.7 Å². The first-order valence-corrected chi connectivity index (χ1v) is 11.0. The van der Waals surface area contributed by atoms with Crippen LogP contribution in [0, 0.1) is 10.1 Å². The summed E-state index contributed by atoms with van der Waals surface area (Å²) < 4.78 is 0. The van der Waals surface area contributed by atoms with Crippen molar-refractivity contribution >= 4 is 48.9 Å². The van der Waals surface area contributed by atoms with Crippen LogP contribution in [0.3, 0.4) is 0 Å². The van der Waals surface area contributed by atoms with Crippen molar-refractivity contribution in [1.82, 2.24) is 0 Å². The summed E-state index contributed by atoms with van der Waals surface area (Å²) in [5.74, 6) is -0.833. The van der Waals surface area contributed by atoms with Crippen molar-refractivity contribution in [2.45, 2.75) is 21.3 Å². The van der Waals surface area contributed by atoms with E-state index >= 15 is 0 Å². The molecule has 0 saturated heterocycles. The fourth-order valence-electron chi connectivity index (χ4n) is 0.550. The summed E-state index contributed by atoms with van der Waals surface area (Å²) in [5, 5.41) is 17.4. The molecule has 0 aromatic heterocycles. The number of nitro groups is 1. The van der Waals surface area contributed by atoms with Gasteiger partial charge in [0.1, 0.15) is 0 Å².